The maximum absolute atomic E-state index is 12.3. The summed E-state index contributed by atoms with van der Waals surface area (Å²) in [5.74, 6) is 0.601. The van der Waals surface area contributed by atoms with Crippen LogP contribution in [-0.4, -0.2) is 18.6 Å². The number of hydrogen-bond donors (Lipinski definition) is 2. The number of nitrogens with one attached hydrogen (secondary N) is 1. The van der Waals surface area contributed by atoms with E-state index in [1.54, 1.807) is 0 Å². The van der Waals surface area contributed by atoms with E-state index in [1.807, 2.05) is 68.4 Å². The van der Waals surface area contributed by atoms with Gasteiger partial charge >= 0.3 is 0 Å². The average Bonchev–Trinajstić information content (AvgIpc) is 2.59. The molecule has 3 N–H and O–H groups in total. The Balaban J connectivity index is 1.91. The van der Waals surface area contributed by atoms with Crippen molar-refractivity contribution in [2.75, 3.05) is 6.54 Å². The van der Waals surface area contributed by atoms with Crippen LogP contribution in [0.4, 0.5) is 0 Å². The van der Waals surface area contributed by atoms with Crippen molar-refractivity contribution in [2.45, 2.75) is 32.4 Å². The van der Waals surface area contributed by atoms with Gasteiger partial charge in [0.15, 0.2) is 6.10 Å². The van der Waals surface area contributed by atoms with E-state index in [9.17, 15) is 4.79 Å². The molecular formula is C19H24N2O2. The molecule has 2 unspecified atom stereocenters. The van der Waals surface area contributed by atoms with Crippen molar-refractivity contribution in [1.82, 2.24) is 5.32 Å². The normalized spacial score (nSPS) is 13.2. The van der Waals surface area contributed by atoms with E-state index in [4.69, 9.17) is 10.5 Å². The summed E-state index contributed by atoms with van der Waals surface area (Å²) in [6.07, 6.45) is 0.0832. The summed E-state index contributed by atoms with van der Waals surface area (Å²) in [6, 6.07) is 17.2. The quantitative estimate of drug-likeness (QED) is 0.826. The smallest absolute Gasteiger partial charge is 0.261 e. The van der Waals surface area contributed by atoms with E-state index >= 15 is 0 Å². The molecule has 0 heterocycles. The number of rotatable bonds is 7. The molecule has 0 aliphatic heterocycles. The minimum atomic E-state index is -0.515. The molecule has 2 rings (SSSR count). The Hall–Kier alpha value is -2.33. The van der Waals surface area contributed by atoms with Gasteiger partial charge in [0.25, 0.3) is 5.91 Å². The first kappa shape index (κ1) is 17.0. The fraction of sp³-hybridized carbons (Fsp3) is 0.316. The molecule has 0 saturated carbocycles. The lowest BCUT2D eigenvalue weighted by Crippen LogP contribution is -2.41. The lowest BCUT2D eigenvalue weighted by Gasteiger charge is -2.20. The molecule has 2 atom stereocenters. The second kappa shape index (κ2) is 8.34. The van der Waals surface area contributed by atoms with E-state index in [2.05, 4.69) is 5.32 Å². The molecule has 122 valence electrons. The average molecular weight is 312 g/mol. The van der Waals surface area contributed by atoms with Gasteiger partial charge in [-0.05, 0) is 30.5 Å². The van der Waals surface area contributed by atoms with Crippen LogP contribution in [0.15, 0.2) is 54.6 Å². The van der Waals surface area contributed by atoms with Crippen LogP contribution < -0.4 is 15.8 Å². The highest BCUT2D eigenvalue weighted by Crippen LogP contribution is 2.19. The first-order chi connectivity index (χ1) is 11.1. The maximum Gasteiger partial charge on any atom is 0.261 e. The van der Waals surface area contributed by atoms with Gasteiger partial charge < -0.3 is 15.8 Å². The summed E-state index contributed by atoms with van der Waals surface area (Å²) >= 11 is 0. The molecular weight excluding hydrogens is 288 g/mol. The second-order valence-corrected chi connectivity index (χ2v) is 5.54. The van der Waals surface area contributed by atoms with E-state index in [-0.39, 0.29) is 11.9 Å². The van der Waals surface area contributed by atoms with Gasteiger partial charge in [0.2, 0.25) is 0 Å². The maximum atomic E-state index is 12.3. The number of benzene rings is 2. The lowest BCUT2D eigenvalue weighted by atomic mass is 10.1. The van der Waals surface area contributed by atoms with Gasteiger partial charge in [-0.1, -0.05) is 55.5 Å². The van der Waals surface area contributed by atoms with Crippen molar-refractivity contribution in [1.29, 1.82) is 0 Å². The molecule has 0 bridgehead atoms. The minimum Gasteiger partial charge on any atom is -0.480 e. The molecule has 0 spiro atoms. The highest BCUT2D eigenvalue weighted by atomic mass is 16.5. The molecule has 2 aromatic rings. The Labute approximate surface area is 137 Å². The van der Waals surface area contributed by atoms with Gasteiger partial charge in [0.05, 0.1) is 0 Å². The van der Waals surface area contributed by atoms with Crippen LogP contribution >= 0.6 is 0 Å². The molecule has 0 fully saturated rings. The fourth-order valence-electron chi connectivity index (χ4n) is 2.31. The molecule has 23 heavy (non-hydrogen) atoms. The third-order valence-corrected chi connectivity index (χ3v) is 3.75. The number of para-hydroxylation sites is 1. The van der Waals surface area contributed by atoms with Gasteiger partial charge in [0, 0.05) is 12.6 Å². The molecule has 0 saturated heterocycles. The van der Waals surface area contributed by atoms with E-state index in [0.29, 0.717) is 13.0 Å². The molecule has 1 amide bonds. The van der Waals surface area contributed by atoms with Crippen LogP contribution in [0.2, 0.25) is 0 Å². The highest BCUT2D eigenvalue weighted by Gasteiger charge is 2.19. The van der Waals surface area contributed by atoms with Crippen molar-refractivity contribution in [3.8, 4) is 5.75 Å². The van der Waals surface area contributed by atoms with Gasteiger partial charge in [-0.25, -0.2) is 0 Å². The first-order valence-electron chi connectivity index (χ1n) is 7.92. The largest absolute Gasteiger partial charge is 0.480 e. The van der Waals surface area contributed by atoms with Crippen molar-refractivity contribution in [2.24, 2.45) is 5.73 Å². The van der Waals surface area contributed by atoms with E-state index in [1.165, 1.54) is 0 Å². The second-order valence-electron chi connectivity index (χ2n) is 5.54. The number of ether oxygens (including phenoxy) is 1. The Morgan fingerprint density at radius 3 is 2.43 bits per heavy atom. The van der Waals surface area contributed by atoms with Gasteiger partial charge in [-0.15, -0.1) is 0 Å². The predicted molar refractivity (Wildman–Crippen MR) is 92.3 cm³/mol. The topological polar surface area (TPSA) is 64.3 Å². The summed E-state index contributed by atoms with van der Waals surface area (Å²) in [4.78, 5) is 12.3. The zero-order valence-corrected chi connectivity index (χ0v) is 13.7. The molecule has 0 aliphatic rings. The summed E-state index contributed by atoms with van der Waals surface area (Å²) < 4.78 is 5.84. The predicted octanol–water partition coefficient (Wildman–Crippen LogP) is 2.97. The Bertz CT molecular complexity index is 628. The zero-order valence-electron chi connectivity index (χ0n) is 13.7. The Morgan fingerprint density at radius 2 is 1.78 bits per heavy atom. The number of aryl methyl sites for hydroxylation is 1. The lowest BCUT2D eigenvalue weighted by molar-refractivity contribution is -0.128. The number of carbonyl (C=O) groups is 1. The van der Waals surface area contributed by atoms with Gasteiger partial charge in [-0.3, -0.25) is 4.79 Å². The minimum absolute atomic E-state index is 0.137. The van der Waals surface area contributed by atoms with Crippen LogP contribution in [0, 0.1) is 6.92 Å². The Kier molecular flexibility index (Phi) is 6.18. The SMILES string of the molecule is CCC(Oc1ccccc1C)C(=O)NCC(N)c1ccccc1. The van der Waals surface area contributed by atoms with E-state index in [0.717, 1.165) is 16.9 Å². The molecule has 4 nitrogen and oxygen atoms in total. The molecule has 4 heteroatoms. The van der Waals surface area contributed by atoms with Crippen LogP contribution in [0.3, 0.4) is 0 Å². The van der Waals surface area contributed by atoms with Crippen LogP contribution in [0.1, 0.15) is 30.5 Å². The first-order valence-corrected chi connectivity index (χ1v) is 7.92. The third-order valence-electron chi connectivity index (χ3n) is 3.75. The third kappa shape index (κ3) is 4.83. The van der Waals surface area contributed by atoms with Crippen LogP contribution in [0.5, 0.6) is 5.75 Å². The summed E-state index contributed by atoms with van der Waals surface area (Å²) in [6.45, 7) is 4.28. The standard InChI is InChI=1S/C19H24N2O2/c1-3-17(23-18-12-8-7-9-14(18)2)19(22)21-13-16(20)15-10-5-4-6-11-15/h4-12,16-17H,3,13,20H2,1-2H3,(H,21,22). The van der Waals surface area contributed by atoms with Crippen molar-refractivity contribution >= 4 is 5.91 Å². The molecule has 0 aromatic heterocycles. The van der Waals surface area contributed by atoms with Crippen LogP contribution in [-0.2, 0) is 4.79 Å². The van der Waals surface area contributed by atoms with Crippen molar-refractivity contribution < 1.29 is 9.53 Å². The van der Waals surface area contributed by atoms with E-state index < -0.39 is 6.10 Å². The highest BCUT2D eigenvalue weighted by molar-refractivity contribution is 5.81. The molecule has 0 radical (unpaired) electrons. The molecule has 0 aliphatic carbocycles. The summed E-state index contributed by atoms with van der Waals surface area (Å²) in [5.41, 5.74) is 8.12. The number of nitrogens with two attached hydrogens (primary N) is 1. The summed E-state index contributed by atoms with van der Waals surface area (Å²) in [7, 11) is 0. The monoisotopic (exact) mass is 312 g/mol. The van der Waals surface area contributed by atoms with Crippen molar-refractivity contribution in [3.63, 3.8) is 0 Å². The van der Waals surface area contributed by atoms with Gasteiger partial charge in [-0.2, -0.15) is 0 Å². The Morgan fingerprint density at radius 1 is 1.13 bits per heavy atom. The zero-order chi connectivity index (χ0) is 16.7. The summed E-state index contributed by atoms with van der Waals surface area (Å²) in [5, 5.41) is 2.88. The number of hydrogen-bond acceptors (Lipinski definition) is 3. The number of amides is 1. The number of carbonyl (C=O) groups excluding carboxylic acids is 1. The molecule has 2 aromatic carbocycles. The van der Waals surface area contributed by atoms with Crippen molar-refractivity contribution in [3.05, 3.63) is 65.7 Å². The van der Waals surface area contributed by atoms with Crippen LogP contribution in [0.25, 0.3) is 0 Å². The van der Waals surface area contributed by atoms with Gasteiger partial charge in [0.1, 0.15) is 5.75 Å². The fourth-order valence-corrected chi connectivity index (χ4v) is 2.31.